The van der Waals surface area contributed by atoms with Gasteiger partial charge in [0.2, 0.25) is 5.91 Å². The molecule has 104 valence electrons. The largest absolute Gasteiger partial charge is 0.355 e. The summed E-state index contributed by atoms with van der Waals surface area (Å²) in [6, 6.07) is 6.44. The standard InChI is InChI=1S/C15H15FN2OS/c16-12-3-1-2-11(8-12)15-18-13(9-20-15)6-7-17-14(19)10-4-5-10/h1-3,8-10H,4-7H2,(H,17,19). The molecule has 1 aliphatic carbocycles. The van der Waals surface area contributed by atoms with Crippen molar-refractivity contribution in [1.82, 2.24) is 10.3 Å². The average molecular weight is 290 g/mol. The van der Waals surface area contributed by atoms with Gasteiger partial charge < -0.3 is 5.32 Å². The molecule has 0 atom stereocenters. The molecule has 1 fully saturated rings. The van der Waals surface area contributed by atoms with Crippen LogP contribution in [0, 0.1) is 11.7 Å². The molecule has 1 heterocycles. The minimum atomic E-state index is -0.254. The first-order chi connectivity index (χ1) is 9.72. The first kappa shape index (κ1) is 13.2. The Morgan fingerprint density at radius 3 is 3.05 bits per heavy atom. The van der Waals surface area contributed by atoms with Crippen LogP contribution >= 0.6 is 11.3 Å². The number of rotatable bonds is 5. The highest BCUT2D eigenvalue weighted by atomic mass is 32.1. The lowest BCUT2D eigenvalue weighted by Gasteiger charge is -2.01. The van der Waals surface area contributed by atoms with E-state index in [9.17, 15) is 9.18 Å². The van der Waals surface area contributed by atoms with Gasteiger partial charge in [0.1, 0.15) is 10.8 Å². The highest BCUT2D eigenvalue weighted by Crippen LogP contribution is 2.28. The number of hydrogen-bond acceptors (Lipinski definition) is 3. The highest BCUT2D eigenvalue weighted by Gasteiger charge is 2.29. The third kappa shape index (κ3) is 3.22. The topological polar surface area (TPSA) is 42.0 Å². The molecule has 0 aliphatic heterocycles. The molecule has 3 nitrogen and oxygen atoms in total. The van der Waals surface area contributed by atoms with Gasteiger partial charge in [0, 0.05) is 29.8 Å². The molecule has 0 spiro atoms. The molecule has 5 heteroatoms. The number of carbonyl (C=O) groups is 1. The summed E-state index contributed by atoms with van der Waals surface area (Å²) >= 11 is 1.50. The number of hydrogen-bond donors (Lipinski definition) is 1. The summed E-state index contributed by atoms with van der Waals surface area (Å²) in [6.45, 7) is 0.613. The van der Waals surface area contributed by atoms with Crippen LogP contribution in [0.15, 0.2) is 29.6 Å². The number of benzene rings is 1. The summed E-state index contributed by atoms with van der Waals surface area (Å²) < 4.78 is 13.2. The van der Waals surface area contributed by atoms with Crippen molar-refractivity contribution in [3.8, 4) is 10.6 Å². The summed E-state index contributed by atoms with van der Waals surface area (Å²) in [4.78, 5) is 16.0. The molecule has 0 bridgehead atoms. The molecule has 3 rings (SSSR count). The second kappa shape index (κ2) is 5.71. The molecule has 1 aliphatic rings. The van der Waals surface area contributed by atoms with Crippen LogP contribution in [0.1, 0.15) is 18.5 Å². The average Bonchev–Trinajstić information content (AvgIpc) is 3.19. The molecule has 1 N–H and O–H groups in total. The van der Waals surface area contributed by atoms with E-state index in [1.165, 1.54) is 23.5 Å². The lowest BCUT2D eigenvalue weighted by atomic mass is 10.2. The van der Waals surface area contributed by atoms with E-state index >= 15 is 0 Å². The van der Waals surface area contributed by atoms with Crippen LogP contribution in [-0.2, 0) is 11.2 Å². The Morgan fingerprint density at radius 2 is 2.30 bits per heavy atom. The van der Waals surface area contributed by atoms with Crippen molar-refractivity contribution < 1.29 is 9.18 Å². The van der Waals surface area contributed by atoms with Gasteiger partial charge in [-0.05, 0) is 25.0 Å². The van der Waals surface area contributed by atoms with Gasteiger partial charge in [-0.15, -0.1) is 11.3 Å². The van der Waals surface area contributed by atoms with Crippen molar-refractivity contribution in [2.24, 2.45) is 5.92 Å². The molecule has 1 aromatic carbocycles. The molecular weight excluding hydrogens is 275 g/mol. The van der Waals surface area contributed by atoms with Gasteiger partial charge in [-0.3, -0.25) is 4.79 Å². The van der Waals surface area contributed by atoms with Crippen molar-refractivity contribution in [2.75, 3.05) is 6.54 Å². The number of halogens is 1. The Hall–Kier alpha value is -1.75. The van der Waals surface area contributed by atoms with Crippen molar-refractivity contribution in [2.45, 2.75) is 19.3 Å². The van der Waals surface area contributed by atoms with Crippen LogP contribution in [0.25, 0.3) is 10.6 Å². The van der Waals surface area contributed by atoms with Gasteiger partial charge in [-0.2, -0.15) is 0 Å². The van der Waals surface area contributed by atoms with E-state index in [1.54, 1.807) is 6.07 Å². The molecule has 0 saturated heterocycles. The van der Waals surface area contributed by atoms with Gasteiger partial charge in [-0.1, -0.05) is 12.1 Å². The minimum absolute atomic E-state index is 0.158. The summed E-state index contributed by atoms with van der Waals surface area (Å²) in [6.07, 6.45) is 2.75. The molecule has 1 aromatic heterocycles. The van der Waals surface area contributed by atoms with Gasteiger partial charge >= 0.3 is 0 Å². The predicted molar refractivity (Wildman–Crippen MR) is 76.9 cm³/mol. The summed E-state index contributed by atoms with van der Waals surface area (Å²) in [5.41, 5.74) is 1.73. The second-order valence-electron chi connectivity index (χ2n) is 4.97. The smallest absolute Gasteiger partial charge is 0.223 e. The zero-order chi connectivity index (χ0) is 13.9. The van der Waals surface area contributed by atoms with Crippen LogP contribution in [0.5, 0.6) is 0 Å². The quantitative estimate of drug-likeness (QED) is 0.919. The number of nitrogens with one attached hydrogen (secondary N) is 1. The van der Waals surface area contributed by atoms with Crippen molar-refractivity contribution in [1.29, 1.82) is 0 Å². The Bertz CT molecular complexity index is 622. The van der Waals surface area contributed by atoms with Crippen LogP contribution in [0.4, 0.5) is 4.39 Å². The molecule has 1 saturated carbocycles. The predicted octanol–water partition coefficient (Wildman–Crippen LogP) is 3.02. The zero-order valence-electron chi connectivity index (χ0n) is 10.9. The summed E-state index contributed by atoms with van der Waals surface area (Å²) in [5, 5.41) is 5.69. The number of aromatic nitrogens is 1. The van der Waals surface area contributed by atoms with E-state index in [0.29, 0.717) is 13.0 Å². The van der Waals surface area contributed by atoms with E-state index in [0.717, 1.165) is 29.1 Å². The van der Waals surface area contributed by atoms with Crippen molar-refractivity contribution in [3.63, 3.8) is 0 Å². The Balaban J connectivity index is 1.57. The summed E-state index contributed by atoms with van der Waals surface area (Å²) in [7, 11) is 0. The normalized spacial score (nSPS) is 14.2. The Morgan fingerprint density at radius 1 is 1.45 bits per heavy atom. The Kier molecular flexibility index (Phi) is 3.78. The summed E-state index contributed by atoms with van der Waals surface area (Å²) in [5.74, 6) is 0.148. The molecule has 20 heavy (non-hydrogen) atoms. The van der Waals surface area contributed by atoms with Crippen molar-refractivity contribution >= 4 is 17.2 Å². The first-order valence-corrected chi connectivity index (χ1v) is 7.58. The van der Waals surface area contributed by atoms with Crippen LogP contribution in [0.2, 0.25) is 0 Å². The fraction of sp³-hybridized carbons (Fsp3) is 0.333. The van der Waals surface area contributed by atoms with Gasteiger partial charge in [0.25, 0.3) is 0 Å². The highest BCUT2D eigenvalue weighted by molar-refractivity contribution is 7.13. The van der Waals surface area contributed by atoms with Gasteiger partial charge in [-0.25, -0.2) is 9.37 Å². The maximum atomic E-state index is 13.2. The van der Waals surface area contributed by atoms with Crippen LogP contribution in [0.3, 0.4) is 0 Å². The van der Waals surface area contributed by atoms with E-state index in [1.807, 2.05) is 11.4 Å². The maximum absolute atomic E-state index is 13.2. The zero-order valence-corrected chi connectivity index (χ0v) is 11.8. The molecule has 2 aromatic rings. The van der Waals surface area contributed by atoms with E-state index in [4.69, 9.17) is 0 Å². The third-order valence-corrected chi connectivity index (χ3v) is 4.19. The fourth-order valence-electron chi connectivity index (χ4n) is 1.98. The van der Waals surface area contributed by atoms with E-state index in [-0.39, 0.29) is 17.6 Å². The SMILES string of the molecule is O=C(NCCc1csc(-c2cccc(F)c2)n1)C1CC1. The lowest BCUT2D eigenvalue weighted by Crippen LogP contribution is -2.26. The molecular formula is C15H15FN2OS. The third-order valence-electron chi connectivity index (χ3n) is 3.25. The second-order valence-corrected chi connectivity index (χ2v) is 5.83. The fourth-order valence-corrected chi connectivity index (χ4v) is 2.83. The van der Waals surface area contributed by atoms with E-state index in [2.05, 4.69) is 10.3 Å². The van der Waals surface area contributed by atoms with Gasteiger partial charge in [0.05, 0.1) is 5.69 Å². The van der Waals surface area contributed by atoms with E-state index < -0.39 is 0 Å². The lowest BCUT2D eigenvalue weighted by molar-refractivity contribution is -0.122. The monoisotopic (exact) mass is 290 g/mol. The van der Waals surface area contributed by atoms with Crippen molar-refractivity contribution in [3.05, 3.63) is 41.2 Å². The number of thiazole rings is 1. The number of amides is 1. The number of carbonyl (C=O) groups excluding carboxylic acids is 1. The molecule has 0 unspecified atom stereocenters. The number of nitrogens with zero attached hydrogens (tertiary/aromatic N) is 1. The van der Waals surface area contributed by atoms with Gasteiger partial charge in [0.15, 0.2) is 0 Å². The van der Waals surface area contributed by atoms with Crippen LogP contribution in [-0.4, -0.2) is 17.4 Å². The maximum Gasteiger partial charge on any atom is 0.223 e. The van der Waals surface area contributed by atoms with Crippen LogP contribution < -0.4 is 5.32 Å². The first-order valence-electron chi connectivity index (χ1n) is 6.70. The molecule has 1 amide bonds. The Labute approximate surface area is 120 Å². The minimum Gasteiger partial charge on any atom is -0.355 e. The molecule has 0 radical (unpaired) electrons.